The first-order valence-electron chi connectivity index (χ1n) is 5.11. The molecule has 0 bridgehead atoms. The Bertz CT molecular complexity index is 269. The maximum atomic E-state index is 5.61. The lowest BCUT2D eigenvalue weighted by molar-refractivity contribution is 0.722. The summed E-state index contributed by atoms with van der Waals surface area (Å²) in [7, 11) is 0. The summed E-state index contributed by atoms with van der Waals surface area (Å²) in [5, 5.41) is 0. The minimum atomic E-state index is 0.534. The van der Waals surface area contributed by atoms with Gasteiger partial charge in [0.15, 0.2) is 0 Å². The minimum Gasteiger partial charge on any atom is -0.384 e. The maximum Gasteiger partial charge on any atom is 0.227 e. The van der Waals surface area contributed by atoms with Gasteiger partial charge in [-0.1, -0.05) is 13.8 Å². The van der Waals surface area contributed by atoms with E-state index in [2.05, 4.69) is 28.7 Å². The van der Waals surface area contributed by atoms with Crippen LogP contribution in [0, 0.1) is 0 Å². The number of aromatic nitrogens is 2. The van der Waals surface area contributed by atoms with E-state index < -0.39 is 0 Å². The highest BCUT2D eigenvalue weighted by Crippen LogP contribution is 2.09. The molecule has 4 nitrogen and oxygen atoms in total. The molecule has 1 aromatic heterocycles. The quantitative estimate of drug-likeness (QED) is 0.775. The molecule has 0 fully saturated rings. The van der Waals surface area contributed by atoms with Crippen LogP contribution < -0.4 is 10.6 Å². The summed E-state index contributed by atoms with van der Waals surface area (Å²) in [4.78, 5) is 10.6. The first-order valence-corrected chi connectivity index (χ1v) is 5.11. The van der Waals surface area contributed by atoms with Gasteiger partial charge in [-0.3, -0.25) is 0 Å². The largest absolute Gasteiger partial charge is 0.384 e. The van der Waals surface area contributed by atoms with Crippen LogP contribution in [0.25, 0.3) is 0 Å². The monoisotopic (exact) mass is 194 g/mol. The van der Waals surface area contributed by atoms with Crippen molar-refractivity contribution in [2.45, 2.75) is 26.7 Å². The van der Waals surface area contributed by atoms with E-state index in [1.165, 1.54) is 0 Å². The number of hydrogen-bond donors (Lipinski definition) is 1. The third-order valence-electron chi connectivity index (χ3n) is 1.93. The third kappa shape index (κ3) is 2.87. The molecule has 0 saturated carbocycles. The van der Waals surface area contributed by atoms with Gasteiger partial charge in [0.05, 0.1) is 0 Å². The van der Waals surface area contributed by atoms with Crippen molar-refractivity contribution >= 4 is 11.8 Å². The van der Waals surface area contributed by atoms with Crippen LogP contribution in [0.4, 0.5) is 11.8 Å². The summed E-state index contributed by atoms with van der Waals surface area (Å²) < 4.78 is 0. The number of nitrogens with zero attached hydrogens (tertiary/aromatic N) is 3. The predicted octanol–water partition coefficient (Wildman–Crippen LogP) is 1.69. The molecule has 4 heteroatoms. The number of hydrogen-bond acceptors (Lipinski definition) is 4. The van der Waals surface area contributed by atoms with Gasteiger partial charge in [0.2, 0.25) is 5.95 Å². The molecule has 0 spiro atoms. The van der Waals surface area contributed by atoms with Crippen molar-refractivity contribution in [1.29, 1.82) is 0 Å². The van der Waals surface area contributed by atoms with Crippen LogP contribution in [-0.2, 0) is 0 Å². The van der Waals surface area contributed by atoms with E-state index in [1.54, 1.807) is 12.3 Å². The average Bonchev–Trinajstić information content (AvgIpc) is 2.17. The Morgan fingerprint density at radius 2 is 1.93 bits per heavy atom. The Kier molecular flexibility index (Phi) is 4.16. The third-order valence-corrected chi connectivity index (χ3v) is 1.93. The van der Waals surface area contributed by atoms with Gasteiger partial charge < -0.3 is 10.6 Å². The number of nitrogen functional groups attached to an aromatic ring is 1. The standard InChI is InChI=1S/C10H18N4/c1-3-7-14(8-4-2)10-12-6-5-9(11)13-10/h5-6H,3-4,7-8H2,1-2H3,(H2,11,12,13). The molecule has 1 heterocycles. The van der Waals surface area contributed by atoms with Crippen molar-refractivity contribution in [2.24, 2.45) is 0 Å². The molecule has 1 aromatic rings. The van der Waals surface area contributed by atoms with Crippen LogP contribution >= 0.6 is 0 Å². The van der Waals surface area contributed by atoms with Gasteiger partial charge >= 0.3 is 0 Å². The van der Waals surface area contributed by atoms with E-state index >= 15 is 0 Å². The molecular weight excluding hydrogens is 176 g/mol. The molecule has 0 saturated heterocycles. The van der Waals surface area contributed by atoms with E-state index in [0.29, 0.717) is 5.82 Å². The van der Waals surface area contributed by atoms with E-state index in [9.17, 15) is 0 Å². The summed E-state index contributed by atoms with van der Waals surface area (Å²) in [5.41, 5.74) is 5.61. The van der Waals surface area contributed by atoms with E-state index in [1.807, 2.05) is 0 Å². The van der Waals surface area contributed by atoms with E-state index in [0.717, 1.165) is 31.9 Å². The predicted molar refractivity (Wildman–Crippen MR) is 59.2 cm³/mol. The van der Waals surface area contributed by atoms with Gasteiger partial charge in [0.1, 0.15) is 5.82 Å². The van der Waals surface area contributed by atoms with Crippen molar-refractivity contribution in [3.63, 3.8) is 0 Å². The van der Waals surface area contributed by atoms with E-state index in [4.69, 9.17) is 5.73 Å². The first-order chi connectivity index (χ1) is 6.77. The van der Waals surface area contributed by atoms with Crippen molar-refractivity contribution in [3.8, 4) is 0 Å². The molecule has 0 amide bonds. The number of rotatable bonds is 5. The van der Waals surface area contributed by atoms with Crippen molar-refractivity contribution in [3.05, 3.63) is 12.3 Å². The molecule has 0 aliphatic carbocycles. The number of anilines is 2. The zero-order valence-electron chi connectivity index (χ0n) is 8.90. The Labute approximate surface area is 85.2 Å². The lowest BCUT2D eigenvalue weighted by Crippen LogP contribution is -2.27. The highest BCUT2D eigenvalue weighted by molar-refractivity contribution is 5.37. The van der Waals surface area contributed by atoms with Crippen molar-refractivity contribution < 1.29 is 0 Å². The fourth-order valence-corrected chi connectivity index (χ4v) is 1.37. The fourth-order valence-electron chi connectivity index (χ4n) is 1.37. The highest BCUT2D eigenvalue weighted by atomic mass is 15.2. The van der Waals surface area contributed by atoms with Gasteiger partial charge in [-0.15, -0.1) is 0 Å². The van der Waals surface area contributed by atoms with Crippen LogP contribution in [0.3, 0.4) is 0 Å². The smallest absolute Gasteiger partial charge is 0.227 e. The molecule has 2 N–H and O–H groups in total. The molecule has 0 atom stereocenters. The highest BCUT2D eigenvalue weighted by Gasteiger charge is 2.06. The van der Waals surface area contributed by atoms with Crippen molar-refractivity contribution in [1.82, 2.24) is 9.97 Å². The lowest BCUT2D eigenvalue weighted by Gasteiger charge is -2.20. The average molecular weight is 194 g/mol. The number of nitrogens with two attached hydrogens (primary N) is 1. The molecule has 1 rings (SSSR count). The van der Waals surface area contributed by atoms with Gasteiger partial charge in [0.25, 0.3) is 0 Å². The second-order valence-electron chi connectivity index (χ2n) is 3.27. The topological polar surface area (TPSA) is 55.0 Å². The Hall–Kier alpha value is -1.32. The summed E-state index contributed by atoms with van der Waals surface area (Å²) in [5.74, 6) is 1.28. The molecule has 0 aromatic carbocycles. The van der Waals surface area contributed by atoms with E-state index in [-0.39, 0.29) is 0 Å². The summed E-state index contributed by atoms with van der Waals surface area (Å²) >= 11 is 0. The minimum absolute atomic E-state index is 0.534. The molecule has 78 valence electrons. The zero-order chi connectivity index (χ0) is 10.4. The van der Waals surface area contributed by atoms with Crippen LogP contribution in [0.15, 0.2) is 12.3 Å². The zero-order valence-corrected chi connectivity index (χ0v) is 8.90. The Balaban J connectivity index is 2.75. The maximum absolute atomic E-state index is 5.61. The second-order valence-corrected chi connectivity index (χ2v) is 3.27. The van der Waals surface area contributed by atoms with Crippen LogP contribution in [-0.4, -0.2) is 23.1 Å². The van der Waals surface area contributed by atoms with Gasteiger partial charge in [0, 0.05) is 19.3 Å². The fraction of sp³-hybridized carbons (Fsp3) is 0.600. The molecule has 14 heavy (non-hydrogen) atoms. The van der Waals surface area contributed by atoms with Gasteiger partial charge in [-0.05, 0) is 18.9 Å². The SMILES string of the molecule is CCCN(CCC)c1nccc(N)n1. The lowest BCUT2D eigenvalue weighted by atomic mass is 10.4. The normalized spacial score (nSPS) is 10.1. The molecule has 0 radical (unpaired) electrons. The first kappa shape index (κ1) is 10.8. The second kappa shape index (κ2) is 5.42. The van der Waals surface area contributed by atoms with Gasteiger partial charge in [-0.25, -0.2) is 4.98 Å². The van der Waals surface area contributed by atoms with Crippen molar-refractivity contribution in [2.75, 3.05) is 23.7 Å². The summed E-state index contributed by atoms with van der Waals surface area (Å²) in [6.45, 7) is 6.26. The van der Waals surface area contributed by atoms with Gasteiger partial charge in [-0.2, -0.15) is 4.98 Å². The molecule has 0 unspecified atom stereocenters. The molecular formula is C10H18N4. The summed E-state index contributed by atoms with van der Waals surface area (Å²) in [6, 6.07) is 1.71. The van der Waals surface area contributed by atoms with Crippen LogP contribution in [0.5, 0.6) is 0 Å². The Morgan fingerprint density at radius 3 is 2.43 bits per heavy atom. The summed E-state index contributed by atoms with van der Waals surface area (Å²) in [6.07, 6.45) is 3.90. The van der Waals surface area contributed by atoms with Crippen LogP contribution in [0.2, 0.25) is 0 Å². The van der Waals surface area contributed by atoms with Crippen LogP contribution in [0.1, 0.15) is 26.7 Å². The molecule has 0 aliphatic rings. The Morgan fingerprint density at radius 1 is 1.29 bits per heavy atom. The molecule has 0 aliphatic heterocycles.